The molecule has 0 saturated carbocycles. The van der Waals surface area contributed by atoms with E-state index in [1.165, 1.54) is 167 Å². The number of ether oxygens (including phenoxy) is 3. The third-order valence-corrected chi connectivity index (χ3v) is 11.6. The van der Waals surface area contributed by atoms with Crippen LogP contribution < -0.4 is 0 Å². The number of carbonyl (C=O) groups is 3. The highest BCUT2D eigenvalue weighted by Crippen LogP contribution is 2.15. The average molecular weight is 857 g/mol. The van der Waals surface area contributed by atoms with Crippen molar-refractivity contribution in [2.45, 2.75) is 284 Å². The van der Waals surface area contributed by atoms with Crippen LogP contribution in [0.3, 0.4) is 0 Å². The van der Waals surface area contributed by atoms with Crippen LogP contribution in [-0.2, 0) is 28.6 Å². The molecule has 1 atom stereocenters. The van der Waals surface area contributed by atoms with Crippen molar-refractivity contribution in [3.8, 4) is 0 Å². The first-order valence-corrected chi connectivity index (χ1v) is 26.5. The van der Waals surface area contributed by atoms with E-state index in [2.05, 4.69) is 57.2 Å². The van der Waals surface area contributed by atoms with E-state index >= 15 is 0 Å². The molecule has 1 unspecified atom stereocenters. The van der Waals surface area contributed by atoms with Gasteiger partial charge in [-0.3, -0.25) is 14.4 Å². The molecule has 0 aromatic rings. The Kier molecular flexibility index (Phi) is 48.3. The lowest BCUT2D eigenvalue weighted by atomic mass is 10.1. The highest BCUT2D eigenvalue weighted by Gasteiger charge is 2.19. The van der Waals surface area contributed by atoms with E-state index in [1.807, 2.05) is 0 Å². The lowest BCUT2D eigenvalue weighted by molar-refractivity contribution is -0.167. The molecule has 0 aliphatic rings. The molecule has 0 heterocycles. The molecule has 6 heteroatoms. The van der Waals surface area contributed by atoms with Crippen molar-refractivity contribution in [3.63, 3.8) is 0 Å². The van der Waals surface area contributed by atoms with Gasteiger partial charge in [0.1, 0.15) is 13.2 Å². The monoisotopic (exact) mass is 857 g/mol. The molecule has 0 radical (unpaired) electrons. The van der Waals surface area contributed by atoms with Crippen molar-refractivity contribution in [1.82, 2.24) is 0 Å². The molecule has 6 nitrogen and oxygen atoms in total. The summed E-state index contributed by atoms with van der Waals surface area (Å²) >= 11 is 0. The fourth-order valence-corrected chi connectivity index (χ4v) is 7.59. The van der Waals surface area contributed by atoms with Gasteiger partial charge >= 0.3 is 17.9 Å². The van der Waals surface area contributed by atoms with Gasteiger partial charge in [0.25, 0.3) is 0 Å². The number of esters is 3. The van der Waals surface area contributed by atoms with Crippen LogP contribution in [0, 0.1) is 0 Å². The zero-order valence-corrected chi connectivity index (χ0v) is 40.7. The highest BCUT2D eigenvalue weighted by molar-refractivity contribution is 5.71. The van der Waals surface area contributed by atoms with Crippen molar-refractivity contribution in [2.75, 3.05) is 13.2 Å². The predicted octanol–water partition coefficient (Wildman–Crippen LogP) is 17.3. The third kappa shape index (κ3) is 48.5. The number of hydrogen-bond donors (Lipinski definition) is 0. The fourth-order valence-electron chi connectivity index (χ4n) is 7.59. The van der Waals surface area contributed by atoms with Crippen LogP contribution in [0.5, 0.6) is 0 Å². The summed E-state index contributed by atoms with van der Waals surface area (Å²) in [5.74, 6) is -0.878. The molecule has 0 amide bonds. The van der Waals surface area contributed by atoms with E-state index in [1.54, 1.807) is 0 Å². The Balaban J connectivity index is 4.31. The Morgan fingerprint density at radius 2 is 0.590 bits per heavy atom. The van der Waals surface area contributed by atoms with E-state index in [0.717, 1.165) is 70.6 Å². The van der Waals surface area contributed by atoms with E-state index in [-0.39, 0.29) is 31.1 Å². The number of hydrogen-bond acceptors (Lipinski definition) is 6. The van der Waals surface area contributed by atoms with Crippen LogP contribution in [0.25, 0.3) is 0 Å². The minimum Gasteiger partial charge on any atom is -0.462 e. The molecule has 0 aromatic heterocycles. The first-order chi connectivity index (χ1) is 30.0. The van der Waals surface area contributed by atoms with Crippen LogP contribution >= 0.6 is 0 Å². The Morgan fingerprint density at radius 1 is 0.328 bits per heavy atom. The average Bonchev–Trinajstić information content (AvgIpc) is 3.26. The van der Waals surface area contributed by atoms with Crippen LogP contribution in [0.2, 0.25) is 0 Å². The largest absolute Gasteiger partial charge is 0.462 e. The Morgan fingerprint density at radius 3 is 0.951 bits per heavy atom. The summed E-state index contributed by atoms with van der Waals surface area (Å²) in [7, 11) is 0. The van der Waals surface area contributed by atoms with E-state index in [9.17, 15) is 14.4 Å². The van der Waals surface area contributed by atoms with Gasteiger partial charge in [-0.25, -0.2) is 0 Å². The first kappa shape index (κ1) is 58.6. The number of allylic oxidation sites excluding steroid dienone is 6. The van der Waals surface area contributed by atoms with Crippen LogP contribution in [0.4, 0.5) is 0 Å². The highest BCUT2D eigenvalue weighted by atomic mass is 16.6. The lowest BCUT2D eigenvalue weighted by Gasteiger charge is -2.18. The smallest absolute Gasteiger partial charge is 0.306 e. The maximum Gasteiger partial charge on any atom is 0.306 e. The summed E-state index contributed by atoms with van der Waals surface area (Å²) in [5, 5.41) is 0. The molecule has 0 fully saturated rings. The summed E-state index contributed by atoms with van der Waals surface area (Å²) in [6.45, 7) is 6.60. The molecule has 0 aliphatic heterocycles. The molecule has 0 saturated heterocycles. The van der Waals surface area contributed by atoms with Crippen molar-refractivity contribution in [2.24, 2.45) is 0 Å². The van der Waals surface area contributed by atoms with Gasteiger partial charge in [0.2, 0.25) is 0 Å². The second-order valence-corrected chi connectivity index (χ2v) is 17.8. The van der Waals surface area contributed by atoms with Gasteiger partial charge in [0, 0.05) is 19.3 Å². The van der Waals surface area contributed by atoms with E-state index < -0.39 is 6.10 Å². The second kappa shape index (κ2) is 50.3. The second-order valence-electron chi connectivity index (χ2n) is 17.8. The number of unbranched alkanes of at least 4 members (excludes halogenated alkanes) is 31. The zero-order valence-electron chi connectivity index (χ0n) is 40.7. The molecule has 61 heavy (non-hydrogen) atoms. The molecule has 0 rings (SSSR count). The minimum atomic E-state index is -0.773. The summed E-state index contributed by atoms with van der Waals surface area (Å²) in [6, 6.07) is 0. The summed E-state index contributed by atoms with van der Waals surface area (Å²) in [4.78, 5) is 37.9. The van der Waals surface area contributed by atoms with E-state index in [0.29, 0.717) is 19.3 Å². The molecule has 0 spiro atoms. The topological polar surface area (TPSA) is 78.9 Å². The minimum absolute atomic E-state index is 0.0740. The van der Waals surface area contributed by atoms with Crippen LogP contribution in [0.15, 0.2) is 36.5 Å². The molecule has 0 aliphatic carbocycles. The summed E-state index contributed by atoms with van der Waals surface area (Å²) in [5.41, 5.74) is 0. The lowest BCUT2D eigenvalue weighted by Crippen LogP contribution is -2.30. The quantitative estimate of drug-likeness (QED) is 0.0262. The van der Waals surface area contributed by atoms with Gasteiger partial charge in [-0.15, -0.1) is 0 Å². The normalized spacial score (nSPS) is 12.2. The number of rotatable bonds is 48. The van der Waals surface area contributed by atoms with Crippen molar-refractivity contribution >= 4 is 17.9 Å². The van der Waals surface area contributed by atoms with Crippen molar-refractivity contribution in [1.29, 1.82) is 0 Å². The van der Waals surface area contributed by atoms with Crippen LogP contribution in [-0.4, -0.2) is 37.2 Å². The fraction of sp³-hybridized carbons (Fsp3) is 0.836. The molecule has 0 bridgehead atoms. The van der Waals surface area contributed by atoms with E-state index in [4.69, 9.17) is 14.2 Å². The van der Waals surface area contributed by atoms with Crippen molar-refractivity contribution in [3.05, 3.63) is 36.5 Å². The molecule has 0 aromatic carbocycles. The van der Waals surface area contributed by atoms with Gasteiger partial charge in [0.15, 0.2) is 6.10 Å². The maximum atomic E-state index is 12.8. The Hall–Kier alpha value is -2.37. The summed E-state index contributed by atoms with van der Waals surface area (Å²) < 4.78 is 16.8. The van der Waals surface area contributed by atoms with Crippen molar-refractivity contribution < 1.29 is 28.6 Å². The molecule has 0 N–H and O–H groups in total. The Labute approximate surface area is 378 Å². The Bertz CT molecular complexity index is 1030. The summed E-state index contributed by atoms with van der Waals surface area (Å²) in [6.07, 6.45) is 58.4. The number of carbonyl (C=O) groups excluding carboxylic acids is 3. The molecular weight excluding hydrogens is 757 g/mol. The van der Waals surface area contributed by atoms with Gasteiger partial charge in [-0.1, -0.05) is 218 Å². The van der Waals surface area contributed by atoms with Gasteiger partial charge in [0.05, 0.1) is 0 Å². The SMILES string of the molecule is CCCCC/C=C\C/C=C\CCCCCCCCCCCC(=O)OCC(COC(=O)CCCCCCCCCCCC)OC(=O)CCCCCCC/C=C\CCCCCCC. The molecular formula is C55H100O6. The zero-order chi connectivity index (χ0) is 44.4. The third-order valence-electron chi connectivity index (χ3n) is 11.6. The van der Waals surface area contributed by atoms with Gasteiger partial charge < -0.3 is 14.2 Å². The first-order valence-electron chi connectivity index (χ1n) is 26.5. The van der Waals surface area contributed by atoms with Gasteiger partial charge in [-0.2, -0.15) is 0 Å². The maximum absolute atomic E-state index is 12.8. The predicted molar refractivity (Wildman–Crippen MR) is 261 cm³/mol. The standard InChI is InChI=1S/C55H100O6/c1-4-7-10-13-16-19-22-24-26-27-28-29-30-32-33-36-39-42-45-48-54(57)60-51-52(50-59-53(56)47-44-41-38-35-21-18-15-12-9-6-3)61-55(58)49-46-43-40-37-34-31-25-23-20-17-14-11-8-5-2/h16,19,23-26,52H,4-15,17-18,20-22,27-51H2,1-3H3/b19-16-,25-23-,26-24-. The molecule has 356 valence electrons. The van der Waals surface area contributed by atoms with Gasteiger partial charge in [-0.05, 0) is 77.0 Å². The van der Waals surface area contributed by atoms with Crippen LogP contribution in [0.1, 0.15) is 278 Å².